The van der Waals surface area contributed by atoms with Crippen molar-refractivity contribution in [2.45, 2.75) is 26.2 Å². The van der Waals surface area contributed by atoms with Crippen LogP contribution < -0.4 is 5.32 Å². The Kier molecular flexibility index (Phi) is 2.75. The molecule has 2 nitrogen and oxygen atoms in total. The van der Waals surface area contributed by atoms with Gasteiger partial charge in [-0.2, -0.15) is 5.26 Å². The summed E-state index contributed by atoms with van der Waals surface area (Å²) >= 11 is 0. The van der Waals surface area contributed by atoms with Gasteiger partial charge in [0.1, 0.15) is 0 Å². The third-order valence-electron chi connectivity index (χ3n) is 3.23. The molecule has 78 valence electrons. The molecular weight excluding hydrogens is 184 g/mol. The second-order valence-corrected chi connectivity index (χ2v) is 4.33. The highest BCUT2D eigenvalue weighted by atomic mass is 14.9. The number of nitrogens with zero attached hydrogens (tertiary/aromatic N) is 1. The summed E-state index contributed by atoms with van der Waals surface area (Å²) in [6, 6.07) is 6.47. The van der Waals surface area contributed by atoms with Crippen LogP contribution in [0, 0.1) is 25.2 Å². The Morgan fingerprint density at radius 3 is 2.73 bits per heavy atom. The van der Waals surface area contributed by atoms with E-state index in [2.05, 4.69) is 30.4 Å². The van der Waals surface area contributed by atoms with Gasteiger partial charge in [-0.15, -0.1) is 0 Å². The largest absolute Gasteiger partial charge is 0.316 e. The zero-order valence-corrected chi connectivity index (χ0v) is 9.30. The standard InChI is InChI=1S/C13H16N2/c1-9-5-10(2)13(6-12(9)7-14)11-3-4-15-8-11/h5-6,11,15H,3-4,8H2,1-2H3. The average molecular weight is 200 g/mol. The van der Waals surface area contributed by atoms with Crippen molar-refractivity contribution in [3.05, 3.63) is 34.4 Å². The number of nitrogens with one attached hydrogen (secondary N) is 1. The molecule has 0 saturated carbocycles. The molecule has 1 fully saturated rings. The van der Waals surface area contributed by atoms with E-state index in [4.69, 9.17) is 5.26 Å². The summed E-state index contributed by atoms with van der Waals surface area (Å²) < 4.78 is 0. The normalized spacial score (nSPS) is 20.2. The van der Waals surface area contributed by atoms with E-state index in [-0.39, 0.29) is 0 Å². The van der Waals surface area contributed by atoms with E-state index in [9.17, 15) is 0 Å². The van der Waals surface area contributed by atoms with E-state index in [0.717, 1.165) is 24.2 Å². The minimum absolute atomic E-state index is 0.595. The minimum atomic E-state index is 0.595. The van der Waals surface area contributed by atoms with Gasteiger partial charge in [0.2, 0.25) is 0 Å². The lowest BCUT2D eigenvalue weighted by atomic mass is 9.91. The molecule has 2 rings (SSSR count). The summed E-state index contributed by atoms with van der Waals surface area (Å²) in [5.74, 6) is 0.595. The smallest absolute Gasteiger partial charge is 0.0994 e. The highest BCUT2D eigenvalue weighted by Crippen LogP contribution is 2.27. The molecule has 1 aromatic carbocycles. The SMILES string of the molecule is Cc1cc(C)c(C2CCNC2)cc1C#N. The van der Waals surface area contributed by atoms with Crippen molar-refractivity contribution in [3.8, 4) is 6.07 Å². The van der Waals surface area contributed by atoms with Gasteiger partial charge in [-0.25, -0.2) is 0 Å². The van der Waals surface area contributed by atoms with E-state index in [0.29, 0.717) is 5.92 Å². The fraction of sp³-hybridized carbons (Fsp3) is 0.462. The van der Waals surface area contributed by atoms with Gasteiger partial charge in [0.05, 0.1) is 11.6 Å². The third-order valence-corrected chi connectivity index (χ3v) is 3.23. The summed E-state index contributed by atoms with van der Waals surface area (Å²) in [5.41, 5.74) is 4.58. The monoisotopic (exact) mass is 200 g/mol. The Balaban J connectivity index is 2.42. The van der Waals surface area contributed by atoms with Gasteiger partial charge in [-0.05, 0) is 55.5 Å². The van der Waals surface area contributed by atoms with Crippen LogP contribution >= 0.6 is 0 Å². The Bertz CT molecular complexity index is 409. The van der Waals surface area contributed by atoms with Crippen LogP contribution in [0.2, 0.25) is 0 Å². The van der Waals surface area contributed by atoms with E-state index in [1.54, 1.807) is 0 Å². The van der Waals surface area contributed by atoms with Crippen LogP contribution in [0.25, 0.3) is 0 Å². The molecule has 1 aliphatic heterocycles. The van der Waals surface area contributed by atoms with Crippen molar-refractivity contribution < 1.29 is 0 Å². The van der Waals surface area contributed by atoms with Crippen molar-refractivity contribution in [3.63, 3.8) is 0 Å². The molecule has 0 aliphatic carbocycles. The summed E-state index contributed by atoms with van der Waals surface area (Å²) in [6.45, 7) is 6.29. The zero-order valence-electron chi connectivity index (χ0n) is 9.30. The van der Waals surface area contributed by atoms with E-state index < -0.39 is 0 Å². The molecule has 1 N–H and O–H groups in total. The lowest BCUT2D eigenvalue weighted by Gasteiger charge is -2.14. The molecule has 1 heterocycles. The average Bonchev–Trinajstić information content (AvgIpc) is 2.71. The molecule has 1 aromatic rings. The Hall–Kier alpha value is -1.33. The van der Waals surface area contributed by atoms with Crippen molar-refractivity contribution in [1.29, 1.82) is 5.26 Å². The van der Waals surface area contributed by atoms with Crippen LogP contribution in [-0.4, -0.2) is 13.1 Å². The predicted octanol–water partition coefficient (Wildman–Crippen LogP) is 2.25. The van der Waals surface area contributed by atoms with Crippen molar-refractivity contribution in [1.82, 2.24) is 5.32 Å². The number of aryl methyl sites for hydroxylation is 2. The fourth-order valence-electron chi connectivity index (χ4n) is 2.35. The van der Waals surface area contributed by atoms with Crippen LogP contribution in [0.3, 0.4) is 0 Å². The van der Waals surface area contributed by atoms with Crippen LogP contribution in [0.15, 0.2) is 12.1 Å². The van der Waals surface area contributed by atoms with Crippen LogP contribution in [0.5, 0.6) is 0 Å². The molecule has 0 aromatic heterocycles. The number of hydrogen-bond donors (Lipinski definition) is 1. The van der Waals surface area contributed by atoms with Gasteiger partial charge in [0.15, 0.2) is 0 Å². The number of rotatable bonds is 1. The van der Waals surface area contributed by atoms with Crippen LogP contribution in [0.1, 0.15) is 34.6 Å². The minimum Gasteiger partial charge on any atom is -0.316 e. The van der Waals surface area contributed by atoms with Gasteiger partial charge in [-0.3, -0.25) is 0 Å². The highest BCUT2D eigenvalue weighted by Gasteiger charge is 2.19. The van der Waals surface area contributed by atoms with Gasteiger partial charge in [-0.1, -0.05) is 6.07 Å². The van der Waals surface area contributed by atoms with Gasteiger partial charge in [0.25, 0.3) is 0 Å². The summed E-state index contributed by atoms with van der Waals surface area (Å²) in [6.07, 6.45) is 1.19. The second-order valence-electron chi connectivity index (χ2n) is 4.33. The maximum atomic E-state index is 9.01. The van der Waals surface area contributed by atoms with Gasteiger partial charge >= 0.3 is 0 Å². The van der Waals surface area contributed by atoms with E-state index in [1.807, 2.05) is 6.92 Å². The summed E-state index contributed by atoms with van der Waals surface area (Å²) in [7, 11) is 0. The molecule has 0 radical (unpaired) electrons. The molecule has 1 saturated heterocycles. The van der Waals surface area contributed by atoms with Crippen molar-refractivity contribution in [2.75, 3.05) is 13.1 Å². The Morgan fingerprint density at radius 2 is 2.13 bits per heavy atom. The molecule has 0 spiro atoms. The predicted molar refractivity (Wildman–Crippen MR) is 60.9 cm³/mol. The van der Waals surface area contributed by atoms with Gasteiger partial charge < -0.3 is 5.32 Å². The molecule has 1 atom stereocenters. The van der Waals surface area contributed by atoms with Crippen LogP contribution in [-0.2, 0) is 0 Å². The Morgan fingerprint density at radius 1 is 1.33 bits per heavy atom. The van der Waals surface area contributed by atoms with E-state index >= 15 is 0 Å². The topological polar surface area (TPSA) is 35.8 Å². The zero-order chi connectivity index (χ0) is 10.8. The molecule has 0 bridgehead atoms. The fourth-order valence-corrected chi connectivity index (χ4v) is 2.35. The first-order valence-electron chi connectivity index (χ1n) is 5.44. The summed E-state index contributed by atoms with van der Waals surface area (Å²) in [4.78, 5) is 0. The van der Waals surface area contributed by atoms with Crippen molar-refractivity contribution in [2.24, 2.45) is 0 Å². The first-order valence-corrected chi connectivity index (χ1v) is 5.44. The third kappa shape index (κ3) is 1.88. The lowest BCUT2D eigenvalue weighted by Crippen LogP contribution is -2.09. The molecule has 15 heavy (non-hydrogen) atoms. The lowest BCUT2D eigenvalue weighted by molar-refractivity contribution is 0.756. The number of hydrogen-bond acceptors (Lipinski definition) is 2. The first-order chi connectivity index (χ1) is 7.22. The van der Waals surface area contributed by atoms with E-state index in [1.165, 1.54) is 17.5 Å². The molecule has 1 unspecified atom stereocenters. The quantitative estimate of drug-likeness (QED) is 0.754. The molecule has 2 heteroatoms. The second kappa shape index (κ2) is 4.04. The van der Waals surface area contributed by atoms with Crippen LogP contribution in [0.4, 0.5) is 0 Å². The molecule has 0 amide bonds. The number of benzene rings is 1. The van der Waals surface area contributed by atoms with Gasteiger partial charge in [0, 0.05) is 6.54 Å². The molecular formula is C13H16N2. The number of nitriles is 1. The highest BCUT2D eigenvalue weighted by molar-refractivity contribution is 5.45. The maximum Gasteiger partial charge on any atom is 0.0994 e. The summed E-state index contributed by atoms with van der Waals surface area (Å²) in [5, 5.41) is 12.4. The van der Waals surface area contributed by atoms with Crippen molar-refractivity contribution >= 4 is 0 Å². The first kappa shape index (κ1) is 10.2. The Labute approximate surface area is 90.9 Å². The molecule has 1 aliphatic rings. The maximum absolute atomic E-state index is 9.01.